The van der Waals surface area contributed by atoms with Gasteiger partial charge >= 0.3 is 0 Å². The summed E-state index contributed by atoms with van der Waals surface area (Å²) in [7, 11) is 0. The van der Waals surface area contributed by atoms with Gasteiger partial charge in [-0.15, -0.1) is 0 Å². The zero-order chi connectivity index (χ0) is 12.8. The van der Waals surface area contributed by atoms with Gasteiger partial charge in [0.1, 0.15) is 6.07 Å². The SMILES string of the molecule is Cc1cccc(NCCc2ccccc2)c1C#N. The topological polar surface area (TPSA) is 35.8 Å². The fraction of sp³-hybridized carbons (Fsp3) is 0.188. The van der Waals surface area contributed by atoms with Crippen molar-refractivity contribution < 1.29 is 0 Å². The fourth-order valence-corrected chi connectivity index (χ4v) is 1.95. The third-order valence-corrected chi connectivity index (χ3v) is 2.96. The monoisotopic (exact) mass is 236 g/mol. The molecule has 90 valence electrons. The molecule has 0 heterocycles. The van der Waals surface area contributed by atoms with Gasteiger partial charge in [-0.2, -0.15) is 5.26 Å². The molecule has 0 bridgehead atoms. The summed E-state index contributed by atoms with van der Waals surface area (Å²) >= 11 is 0. The number of hydrogen-bond donors (Lipinski definition) is 1. The molecule has 0 saturated carbocycles. The number of nitrogens with one attached hydrogen (secondary N) is 1. The second-order valence-electron chi connectivity index (χ2n) is 4.27. The summed E-state index contributed by atoms with van der Waals surface area (Å²) in [6.45, 7) is 2.79. The van der Waals surface area contributed by atoms with E-state index in [0.717, 1.165) is 29.8 Å². The molecule has 0 aromatic heterocycles. The van der Waals surface area contributed by atoms with Crippen LogP contribution in [0.5, 0.6) is 0 Å². The number of hydrogen-bond acceptors (Lipinski definition) is 2. The van der Waals surface area contributed by atoms with E-state index in [1.54, 1.807) is 0 Å². The molecule has 0 unspecified atom stereocenters. The largest absolute Gasteiger partial charge is 0.384 e. The molecule has 2 rings (SSSR count). The van der Waals surface area contributed by atoms with Crippen molar-refractivity contribution in [2.75, 3.05) is 11.9 Å². The summed E-state index contributed by atoms with van der Waals surface area (Å²) in [5.41, 5.74) is 3.98. The van der Waals surface area contributed by atoms with Crippen LogP contribution in [0.4, 0.5) is 5.69 Å². The zero-order valence-electron chi connectivity index (χ0n) is 10.5. The summed E-state index contributed by atoms with van der Waals surface area (Å²) in [6, 6.07) is 18.5. The van der Waals surface area contributed by atoms with Crippen LogP contribution < -0.4 is 5.32 Å². The second kappa shape index (κ2) is 5.88. The van der Waals surface area contributed by atoms with E-state index >= 15 is 0 Å². The maximum atomic E-state index is 9.13. The highest BCUT2D eigenvalue weighted by Gasteiger charge is 2.03. The Morgan fingerprint density at radius 2 is 1.83 bits per heavy atom. The molecular formula is C16H16N2. The van der Waals surface area contributed by atoms with E-state index in [0.29, 0.717) is 0 Å². The van der Waals surface area contributed by atoms with Gasteiger partial charge in [0.15, 0.2) is 0 Å². The lowest BCUT2D eigenvalue weighted by Gasteiger charge is -2.09. The van der Waals surface area contributed by atoms with Gasteiger partial charge in [0.25, 0.3) is 0 Å². The Morgan fingerprint density at radius 1 is 1.06 bits per heavy atom. The minimum atomic E-state index is 0.741. The van der Waals surface area contributed by atoms with Gasteiger partial charge in [-0.3, -0.25) is 0 Å². The van der Waals surface area contributed by atoms with E-state index in [4.69, 9.17) is 5.26 Å². The maximum absolute atomic E-state index is 9.13. The minimum absolute atomic E-state index is 0.741. The molecule has 18 heavy (non-hydrogen) atoms. The van der Waals surface area contributed by atoms with Crippen LogP contribution in [0.25, 0.3) is 0 Å². The first-order chi connectivity index (χ1) is 8.81. The molecule has 0 amide bonds. The standard InChI is InChI=1S/C16H16N2/c1-13-6-5-9-16(15(13)12-17)18-11-10-14-7-3-2-4-8-14/h2-9,18H,10-11H2,1H3. The normalized spacial score (nSPS) is 9.78. The Balaban J connectivity index is 1.99. The van der Waals surface area contributed by atoms with Gasteiger partial charge < -0.3 is 5.32 Å². The number of aryl methyl sites for hydroxylation is 1. The summed E-state index contributed by atoms with van der Waals surface area (Å²) in [4.78, 5) is 0. The predicted octanol–water partition coefficient (Wildman–Crippen LogP) is 3.52. The maximum Gasteiger partial charge on any atom is 0.102 e. The fourth-order valence-electron chi connectivity index (χ4n) is 1.95. The van der Waals surface area contributed by atoms with Crippen LogP contribution in [-0.2, 0) is 6.42 Å². The average molecular weight is 236 g/mol. The van der Waals surface area contributed by atoms with E-state index in [-0.39, 0.29) is 0 Å². The van der Waals surface area contributed by atoms with Gasteiger partial charge in [0.2, 0.25) is 0 Å². The summed E-state index contributed by atoms with van der Waals surface area (Å²) < 4.78 is 0. The Hall–Kier alpha value is -2.27. The summed E-state index contributed by atoms with van der Waals surface area (Å²) in [6.07, 6.45) is 0.958. The summed E-state index contributed by atoms with van der Waals surface area (Å²) in [5.74, 6) is 0. The third kappa shape index (κ3) is 2.89. The lowest BCUT2D eigenvalue weighted by molar-refractivity contribution is 1.02. The molecule has 1 N–H and O–H groups in total. The first-order valence-corrected chi connectivity index (χ1v) is 6.09. The van der Waals surface area contributed by atoms with Crippen LogP contribution in [0.3, 0.4) is 0 Å². The number of nitrogens with zero attached hydrogens (tertiary/aromatic N) is 1. The first-order valence-electron chi connectivity index (χ1n) is 6.09. The van der Waals surface area contributed by atoms with Crippen LogP contribution in [0.2, 0.25) is 0 Å². The van der Waals surface area contributed by atoms with Crippen LogP contribution >= 0.6 is 0 Å². The molecule has 2 aromatic carbocycles. The van der Waals surface area contributed by atoms with E-state index < -0.39 is 0 Å². The van der Waals surface area contributed by atoms with Gasteiger partial charge in [0, 0.05) is 6.54 Å². The highest BCUT2D eigenvalue weighted by molar-refractivity contribution is 5.60. The molecule has 0 aliphatic rings. The second-order valence-corrected chi connectivity index (χ2v) is 4.27. The first kappa shape index (κ1) is 12.2. The van der Waals surface area contributed by atoms with Gasteiger partial charge in [-0.05, 0) is 30.5 Å². The number of rotatable bonds is 4. The van der Waals surface area contributed by atoms with Crippen molar-refractivity contribution in [1.82, 2.24) is 0 Å². The highest BCUT2D eigenvalue weighted by Crippen LogP contribution is 2.18. The van der Waals surface area contributed by atoms with Crippen molar-refractivity contribution in [2.24, 2.45) is 0 Å². The molecule has 2 nitrogen and oxygen atoms in total. The molecule has 0 saturated heterocycles. The van der Waals surface area contributed by atoms with Gasteiger partial charge in [-0.25, -0.2) is 0 Å². The smallest absolute Gasteiger partial charge is 0.102 e. The molecule has 0 spiro atoms. The number of anilines is 1. The number of nitriles is 1. The quantitative estimate of drug-likeness (QED) is 0.881. The lowest BCUT2D eigenvalue weighted by Crippen LogP contribution is -2.06. The van der Waals surface area contributed by atoms with E-state index in [1.165, 1.54) is 5.56 Å². The summed E-state index contributed by atoms with van der Waals surface area (Å²) in [5, 5.41) is 12.5. The van der Waals surface area contributed by atoms with E-state index in [2.05, 4.69) is 23.5 Å². The lowest BCUT2D eigenvalue weighted by atomic mass is 10.1. The Kier molecular flexibility index (Phi) is 3.98. The van der Waals surface area contributed by atoms with Crippen molar-refractivity contribution >= 4 is 5.69 Å². The van der Waals surface area contributed by atoms with Crippen LogP contribution in [0, 0.1) is 18.3 Å². The van der Waals surface area contributed by atoms with E-state index in [1.807, 2.05) is 43.3 Å². The van der Waals surface area contributed by atoms with Gasteiger partial charge in [0.05, 0.1) is 11.3 Å². The average Bonchev–Trinajstić information content (AvgIpc) is 2.40. The van der Waals surface area contributed by atoms with E-state index in [9.17, 15) is 0 Å². The molecule has 0 aliphatic heterocycles. The zero-order valence-corrected chi connectivity index (χ0v) is 10.5. The minimum Gasteiger partial charge on any atom is -0.384 e. The molecule has 2 aromatic rings. The van der Waals surface area contributed by atoms with Crippen molar-refractivity contribution in [3.05, 3.63) is 65.2 Å². The van der Waals surface area contributed by atoms with Crippen molar-refractivity contribution in [2.45, 2.75) is 13.3 Å². The molecule has 0 fully saturated rings. The predicted molar refractivity (Wildman–Crippen MR) is 74.5 cm³/mol. The van der Waals surface area contributed by atoms with Crippen LogP contribution in [0.1, 0.15) is 16.7 Å². The Bertz CT molecular complexity index is 553. The Morgan fingerprint density at radius 3 is 2.56 bits per heavy atom. The molecule has 2 heteroatoms. The van der Waals surface area contributed by atoms with Crippen molar-refractivity contribution in [3.8, 4) is 6.07 Å². The molecular weight excluding hydrogens is 220 g/mol. The molecule has 0 radical (unpaired) electrons. The molecule has 0 atom stereocenters. The van der Waals surface area contributed by atoms with Crippen LogP contribution in [-0.4, -0.2) is 6.54 Å². The van der Waals surface area contributed by atoms with Crippen molar-refractivity contribution in [1.29, 1.82) is 5.26 Å². The number of benzene rings is 2. The third-order valence-electron chi connectivity index (χ3n) is 2.96. The van der Waals surface area contributed by atoms with Crippen LogP contribution in [0.15, 0.2) is 48.5 Å². The highest BCUT2D eigenvalue weighted by atomic mass is 14.9. The van der Waals surface area contributed by atoms with Gasteiger partial charge in [-0.1, -0.05) is 42.5 Å². The Labute approximate surface area is 108 Å². The van der Waals surface area contributed by atoms with Crippen molar-refractivity contribution in [3.63, 3.8) is 0 Å². The molecule has 0 aliphatic carbocycles.